The smallest absolute Gasteiger partial charge is 0.227 e. The third-order valence-electron chi connectivity index (χ3n) is 2.81. The van der Waals surface area contributed by atoms with Crippen molar-refractivity contribution in [1.29, 1.82) is 0 Å². The summed E-state index contributed by atoms with van der Waals surface area (Å²) in [4.78, 5) is 13.5. The van der Waals surface area contributed by atoms with Crippen LogP contribution in [0.5, 0.6) is 0 Å². The van der Waals surface area contributed by atoms with Crippen molar-refractivity contribution in [3.63, 3.8) is 0 Å². The van der Waals surface area contributed by atoms with Gasteiger partial charge < -0.3 is 10.2 Å². The van der Waals surface area contributed by atoms with E-state index in [0.717, 1.165) is 26.2 Å². The fourth-order valence-corrected chi connectivity index (χ4v) is 2.11. The molecule has 0 unspecified atom stereocenters. The summed E-state index contributed by atoms with van der Waals surface area (Å²) in [6.45, 7) is 5.85. The first kappa shape index (κ1) is 7.10. The van der Waals surface area contributed by atoms with E-state index in [0.29, 0.717) is 17.7 Å². The van der Waals surface area contributed by atoms with Crippen molar-refractivity contribution in [1.82, 2.24) is 10.2 Å². The molecule has 0 spiro atoms. The standard InChI is InChI=1S/C8H14N2O/c1-2-10-5-6-3-9-4-7(6)8(10)11/h6-7,9H,2-5H2,1H3/t6-,7-/m0/s1. The van der Waals surface area contributed by atoms with Gasteiger partial charge >= 0.3 is 0 Å². The van der Waals surface area contributed by atoms with Gasteiger partial charge in [0.25, 0.3) is 0 Å². The van der Waals surface area contributed by atoms with Gasteiger partial charge in [-0.25, -0.2) is 0 Å². The van der Waals surface area contributed by atoms with Gasteiger partial charge in [-0.2, -0.15) is 0 Å². The molecule has 0 radical (unpaired) electrons. The molecule has 0 aromatic heterocycles. The zero-order valence-electron chi connectivity index (χ0n) is 6.84. The van der Waals surface area contributed by atoms with Crippen molar-refractivity contribution < 1.29 is 4.79 Å². The Labute approximate surface area is 66.8 Å². The highest BCUT2D eigenvalue weighted by Crippen LogP contribution is 2.26. The summed E-state index contributed by atoms with van der Waals surface area (Å²) in [5, 5.41) is 3.25. The van der Waals surface area contributed by atoms with Crippen molar-refractivity contribution in [2.45, 2.75) is 6.92 Å². The maximum atomic E-state index is 11.5. The average molecular weight is 154 g/mol. The van der Waals surface area contributed by atoms with E-state index in [1.54, 1.807) is 0 Å². The second-order valence-electron chi connectivity index (χ2n) is 3.40. The minimum Gasteiger partial charge on any atom is -0.342 e. The Hall–Kier alpha value is -0.570. The Morgan fingerprint density at radius 2 is 2.45 bits per heavy atom. The molecule has 3 nitrogen and oxygen atoms in total. The highest BCUT2D eigenvalue weighted by Gasteiger charge is 2.42. The molecule has 0 aromatic carbocycles. The molecule has 0 aromatic rings. The van der Waals surface area contributed by atoms with Crippen LogP contribution in [0.4, 0.5) is 0 Å². The van der Waals surface area contributed by atoms with E-state index in [1.165, 1.54) is 0 Å². The first-order valence-corrected chi connectivity index (χ1v) is 4.32. The number of carbonyl (C=O) groups excluding carboxylic acids is 1. The molecule has 2 atom stereocenters. The average Bonchev–Trinajstić information content (AvgIpc) is 2.53. The second kappa shape index (κ2) is 2.48. The maximum Gasteiger partial charge on any atom is 0.227 e. The monoisotopic (exact) mass is 154 g/mol. The van der Waals surface area contributed by atoms with Crippen LogP contribution in [0.15, 0.2) is 0 Å². The quantitative estimate of drug-likeness (QED) is 0.561. The minimum atomic E-state index is 0.301. The molecule has 3 heteroatoms. The van der Waals surface area contributed by atoms with Crippen LogP contribution in [0.2, 0.25) is 0 Å². The third-order valence-corrected chi connectivity index (χ3v) is 2.81. The van der Waals surface area contributed by atoms with Gasteiger partial charge in [-0.15, -0.1) is 0 Å². The number of rotatable bonds is 1. The van der Waals surface area contributed by atoms with Gasteiger partial charge in [-0.3, -0.25) is 4.79 Å². The molecular formula is C8H14N2O. The predicted molar refractivity (Wildman–Crippen MR) is 42.1 cm³/mol. The highest BCUT2D eigenvalue weighted by atomic mass is 16.2. The molecule has 2 saturated heterocycles. The highest BCUT2D eigenvalue weighted by molar-refractivity contribution is 5.82. The Bertz CT molecular complexity index is 181. The van der Waals surface area contributed by atoms with Crippen LogP contribution in [-0.4, -0.2) is 37.0 Å². The fourth-order valence-electron chi connectivity index (χ4n) is 2.11. The van der Waals surface area contributed by atoms with Crippen molar-refractivity contribution >= 4 is 5.91 Å². The largest absolute Gasteiger partial charge is 0.342 e. The molecule has 11 heavy (non-hydrogen) atoms. The van der Waals surface area contributed by atoms with Crippen LogP contribution >= 0.6 is 0 Å². The number of fused-ring (bicyclic) bond motifs is 1. The van der Waals surface area contributed by atoms with E-state index < -0.39 is 0 Å². The summed E-state index contributed by atoms with van der Waals surface area (Å²) in [6.07, 6.45) is 0. The van der Waals surface area contributed by atoms with E-state index in [1.807, 2.05) is 11.8 Å². The van der Waals surface area contributed by atoms with Gasteiger partial charge in [0.05, 0.1) is 5.92 Å². The van der Waals surface area contributed by atoms with Crippen molar-refractivity contribution in [3.8, 4) is 0 Å². The number of nitrogens with one attached hydrogen (secondary N) is 1. The van der Waals surface area contributed by atoms with Crippen molar-refractivity contribution in [2.24, 2.45) is 11.8 Å². The van der Waals surface area contributed by atoms with Crippen LogP contribution in [-0.2, 0) is 4.79 Å². The minimum absolute atomic E-state index is 0.301. The summed E-state index contributed by atoms with van der Waals surface area (Å²) in [5.41, 5.74) is 0. The Morgan fingerprint density at radius 3 is 3.09 bits per heavy atom. The summed E-state index contributed by atoms with van der Waals surface area (Å²) in [6, 6.07) is 0. The molecule has 1 amide bonds. The number of nitrogens with zero attached hydrogens (tertiary/aromatic N) is 1. The SMILES string of the molecule is CCN1C[C@@H]2CNC[C@@H]2C1=O. The molecule has 2 rings (SSSR count). The van der Waals surface area contributed by atoms with E-state index in [-0.39, 0.29) is 0 Å². The maximum absolute atomic E-state index is 11.5. The Balaban J connectivity index is 2.10. The van der Waals surface area contributed by atoms with E-state index in [2.05, 4.69) is 5.32 Å². The molecule has 2 aliphatic heterocycles. The van der Waals surface area contributed by atoms with Crippen molar-refractivity contribution in [2.75, 3.05) is 26.2 Å². The van der Waals surface area contributed by atoms with Crippen molar-refractivity contribution in [3.05, 3.63) is 0 Å². The van der Waals surface area contributed by atoms with Gasteiger partial charge in [-0.05, 0) is 6.92 Å². The number of likely N-dealkylation sites (tertiary alicyclic amines) is 1. The molecule has 62 valence electrons. The van der Waals surface area contributed by atoms with Crippen LogP contribution in [0.3, 0.4) is 0 Å². The van der Waals surface area contributed by atoms with Gasteiger partial charge in [0.15, 0.2) is 0 Å². The fraction of sp³-hybridized carbons (Fsp3) is 0.875. The van der Waals surface area contributed by atoms with Gasteiger partial charge in [0.1, 0.15) is 0 Å². The second-order valence-corrected chi connectivity index (χ2v) is 3.40. The Kier molecular flexibility index (Phi) is 1.60. The number of carbonyl (C=O) groups is 1. The molecule has 0 aliphatic carbocycles. The lowest BCUT2D eigenvalue weighted by molar-refractivity contribution is -0.130. The van der Waals surface area contributed by atoms with Gasteiger partial charge in [0, 0.05) is 32.1 Å². The zero-order valence-corrected chi connectivity index (χ0v) is 6.84. The lowest BCUT2D eigenvalue weighted by Crippen LogP contribution is -2.30. The normalized spacial score (nSPS) is 36.5. The lowest BCUT2D eigenvalue weighted by atomic mass is 10.0. The number of hydrogen-bond donors (Lipinski definition) is 1. The van der Waals surface area contributed by atoms with E-state index in [9.17, 15) is 4.79 Å². The van der Waals surface area contributed by atoms with Crippen LogP contribution in [0.1, 0.15) is 6.92 Å². The van der Waals surface area contributed by atoms with Crippen LogP contribution < -0.4 is 5.32 Å². The lowest BCUT2D eigenvalue weighted by Gasteiger charge is -2.13. The summed E-state index contributed by atoms with van der Waals surface area (Å²) >= 11 is 0. The summed E-state index contributed by atoms with van der Waals surface area (Å²) in [5.74, 6) is 1.26. The molecule has 2 fully saturated rings. The number of hydrogen-bond acceptors (Lipinski definition) is 2. The number of amides is 1. The molecule has 1 N–H and O–H groups in total. The summed E-state index contributed by atoms with van der Waals surface area (Å²) in [7, 11) is 0. The first-order valence-electron chi connectivity index (χ1n) is 4.32. The third kappa shape index (κ3) is 0.948. The van der Waals surface area contributed by atoms with E-state index in [4.69, 9.17) is 0 Å². The molecule has 2 aliphatic rings. The topological polar surface area (TPSA) is 32.3 Å². The van der Waals surface area contributed by atoms with Crippen LogP contribution in [0.25, 0.3) is 0 Å². The Morgan fingerprint density at radius 1 is 1.64 bits per heavy atom. The first-order chi connectivity index (χ1) is 5.33. The molecule has 2 heterocycles. The van der Waals surface area contributed by atoms with Crippen LogP contribution in [0, 0.1) is 11.8 Å². The predicted octanol–water partition coefficient (Wildman–Crippen LogP) is -0.316. The van der Waals surface area contributed by atoms with E-state index >= 15 is 0 Å². The van der Waals surface area contributed by atoms with Gasteiger partial charge in [0.2, 0.25) is 5.91 Å². The summed E-state index contributed by atoms with van der Waals surface area (Å²) < 4.78 is 0. The molecule has 0 saturated carbocycles. The zero-order chi connectivity index (χ0) is 7.84. The molecule has 0 bridgehead atoms. The van der Waals surface area contributed by atoms with Gasteiger partial charge in [-0.1, -0.05) is 0 Å². The molecular weight excluding hydrogens is 140 g/mol.